The number of aliphatic hydroxyl groups is 1. The molecule has 0 bridgehead atoms. The van der Waals surface area contributed by atoms with Crippen LogP contribution in [0.5, 0.6) is 0 Å². The standard InChI is InChI=1S/C22H30O5/c1-3-25-20(24)16-7-9-17(10-8-16)21-11-12-22(26-13-14-27-22)15(2)18(21)5-4-6-19(21)23/h7-10,15,18-19,23H,3-6,11-14H2,1-2H3/t15-,18-,19-,21+/m0/s1. The molecule has 4 rings (SSSR count). The number of rotatable bonds is 3. The van der Waals surface area contributed by atoms with Crippen LogP contribution in [-0.4, -0.2) is 42.8 Å². The van der Waals surface area contributed by atoms with Gasteiger partial charge >= 0.3 is 5.97 Å². The first-order valence-corrected chi connectivity index (χ1v) is 10.3. The van der Waals surface area contributed by atoms with Crippen LogP contribution in [0.2, 0.25) is 0 Å². The number of hydrogen-bond donors (Lipinski definition) is 1. The van der Waals surface area contributed by atoms with Crippen molar-refractivity contribution in [1.82, 2.24) is 0 Å². The van der Waals surface area contributed by atoms with Crippen LogP contribution >= 0.6 is 0 Å². The zero-order valence-electron chi connectivity index (χ0n) is 16.3. The maximum absolute atomic E-state index is 12.0. The maximum Gasteiger partial charge on any atom is 0.338 e. The van der Waals surface area contributed by atoms with E-state index in [2.05, 4.69) is 6.92 Å². The highest BCUT2D eigenvalue weighted by molar-refractivity contribution is 5.89. The molecule has 0 unspecified atom stereocenters. The van der Waals surface area contributed by atoms with Gasteiger partial charge in [0.1, 0.15) is 0 Å². The van der Waals surface area contributed by atoms with Gasteiger partial charge in [-0.05, 0) is 49.8 Å². The topological polar surface area (TPSA) is 65.0 Å². The van der Waals surface area contributed by atoms with Gasteiger partial charge in [-0.2, -0.15) is 0 Å². The van der Waals surface area contributed by atoms with Gasteiger partial charge in [0, 0.05) is 17.8 Å². The number of benzene rings is 1. The van der Waals surface area contributed by atoms with Crippen molar-refractivity contribution in [1.29, 1.82) is 0 Å². The Morgan fingerprint density at radius 1 is 1.19 bits per heavy atom. The smallest absolute Gasteiger partial charge is 0.338 e. The van der Waals surface area contributed by atoms with E-state index in [9.17, 15) is 9.90 Å². The molecule has 0 aromatic heterocycles. The second kappa shape index (κ2) is 7.19. The normalized spacial score (nSPS) is 35.0. The molecular weight excluding hydrogens is 344 g/mol. The molecule has 3 aliphatic rings. The molecule has 4 atom stereocenters. The van der Waals surface area contributed by atoms with Crippen molar-refractivity contribution in [3.63, 3.8) is 0 Å². The molecule has 1 aromatic rings. The van der Waals surface area contributed by atoms with Crippen molar-refractivity contribution in [3.05, 3.63) is 35.4 Å². The summed E-state index contributed by atoms with van der Waals surface area (Å²) >= 11 is 0. The van der Waals surface area contributed by atoms with Crippen LogP contribution < -0.4 is 0 Å². The van der Waals surface area contributed by atoms with E-state index in [1.54, 1.807) is 6.92 Å². The summed E-state index contributed by atoms with van der Waals surface area (Å²) in [6.45, 7) is 5.70. The van der Waals surface area contributed by atoms with E-state index in [1.165, 1.54) is 0 Å². The van der Waals surface area contributed by atoms with Gasteiger partial charge in [-0.15, -0.1) is 0 Å². The van der Waals surface area contributed by atoms with Crippen LogP contribution in [0.25, 0.3) is 0 Å². The van der Waals surface area contributed by atoms with E-state index < -0.39 is 5.79 Å². The lowest BCUT2D eigenvalue weighted by Crippen LogP contribution is -2.60. The summed E-state index contributed by atoms with van der Waals surface area (Å²) in [5, 5.41) is 11.1. The molecule has 5 heteroatoms. The van der Waals surface area contributed by atoms with Crippen LogP contribution in [0.4, 0.5) is 0 Å². The van der Waals surface area contributed by atoms with Crippen molar-refractivity contribution in [2.75, 3.05) is 19.8 Å². The Morgan fingerprint density at radius 2 is 1.89 bits per heavy atom. The van der Waals surface area contributed by atoms with Gasteiger partial charge in [0.25, 0.3) is 0 Å². The van der Waals surface area contributed by atoms with Gasteiger partial charge in [-0.1, -0.05) is 25.5 Å². The molecule has 0 radical (unpaired) electrons. The van der Waals surface area contributed by atoms with E-state index in [4.69, 9.17) is 14.2 Å². The summed E-state index contributed by atoms with van der Waals surface area (Å²) in [5.74, 6) is -0.281. The molecular formula is C22H30O5. The Hall–Kier alpha value is -1.43. The second-order valence-electron chi connectivity index (χ2n) is 8.19. The summed E-state index contributed by atoms with van der Waals surface area (Å²) < 4.78 is 17.2. The van der Waals surface area contributed by atoms with Gasteiger partial charge < -0.3 is 19.3 Å². The quantitative estimate of drug-likeness (QED) is 0.821. The van der Waals surface area contributed by atoms with Gasteiger partial charge in [-0.3, -0.25) is 0 Å². The minimum Gasteiger partial charge on any atom is -0.462 e. The number of aliphatic hydroxyl groups excluding tert-OH is 1. The largest absolute Gasteiger partial charge is 0.462 e. The number of fused-ring (bicyclic) bond motifs is 1. The van der Waals surface area contributed by atoms with E-state index in [0.29, 0.717) is 31.3 Å². The first-order valence-electron chi connectivity index (χ1n) is 10.3. The summed E-state index contributed by atoms with van der Waals surface area (Å²) in [7, 11) is 0. The van der Waals surface area contributed by atoms with Gasteiger partial charge in [0.2, 0.25) is 0 Å². The van der Waals surface area contributed by atoms with E-state index in [0.717, 1.165) is 37.7 Å². The fourth-order valence-electron chi connectivity index (χ4n) is 5.82. The van der Waals surface area contributed by atoms with Crippen molar-refractivity contribution in [2.24, 2.45) is 11.8 Å². The first kappa shape index (κ1) is 18.9. The summed E-state index contributed by atoms with van der Waals surface area (Å²) in [6, 6.07) is 7.68. The van der Waals surface area contributed by atoms with Crippen LogP contribution in [0.3, 0.4) is 0 Å². The monoisotopic (exact) mass is 374 g/mol. The fourth-order valence-corrected chi connectivity index (χ4v) is 5.82. The van der Waals surface area contributed by atoms with Crippen molar-refractivity contribution in [2.45, 2.75) is 63.3 Å². The molecule has 148 valence electrons. The average molecular weight is 374 g/mol. The Kier molecular flexibility index (Phi) is 5.04. The van der Waals surface area contributed by atoms with Crippen LogP contribution in [0.1, 0.15) is 61.9 Å². The van der Waals surface area contributed by atoms with Crippen LogP contribution in [0.15, 0.2) is 24.3 Å². The average Bonchev–Trinajstić information content (AvgIpc) is 3.16. The lowest BCUT2D eigenvalue weighted by Gasteiger charge is -2.57. The molecule has 1 aromatic carbocycles. The third-order valence-corrected chi connectivity index (χ3v) is 7.14. The highest BCUT2D eigenvalue weighted by atomic mass is 16.7. The number of ether oxygens (including phenoxy) is 3. The van der Waals surface area contributed by atoms with E-state index in [-0.39, 0.29) is 23.4 Å². The molecule has 0 amide bonds. The van der Waals surface area contributed by atoms with E-state index >= 15 is 0 Å². The first-order chi connectivity index (χ1) is 13.0. The molecule has 2 aliphatic carbocycles. The Bertz CT molecular complexity index is 678. The summed E-state index contributed by atoms with van der Waals surface area (Å²) in [6.07, 6.45) is 4.15. The highest BCUT2D eigenvalue weighted by Crippen LogP contribution is 2.58. The highest BCUT2D eigenvalue weighted by Gasteiger charge is 2.60. The third-order valence-electron chi connectivity index (χ3n) is 7.14. The lowest BCUT2D eigenvalue weighted by molar-refractivity contribution is -0.246. The third kappa shape index (κ3) is 2.91. The van der Waals surface area contributed by atoms with Crippen molar-refractivity contribution >= 4 is 5.97 Å². The molecule has 3 fully saturated rings. The summed E-state index contributed by atoms with van der Waals surface area (Å²) in [5.41, 5.74) is 1.37. The second-order valence-corrected chi connectivity index (χ2v) is 8.19. The molecule has 2 saturated carbocycles. The Balaban J connectivity index is 1.68. The van der Waals surface area contributed by atoms with Crippen molar-refractivity contribution < 1.29 is 24.1 Å². The maximum atomic E-state index is 12.0. The predicted molar refractivity (Wildman–Crippen MR) is 100 cm³/mol. The lowest BCUT2D eigenvalue weighted by atomic mass is 9.51. The predicted octanol–water partition coefficient (Wildman–Crippen LogP) is 3.44. The minimum atomic E-state index is -0.490. The minimum absolute atomic E-state index is 0.216. The molecule has 1 saturated heterocycles. The zero-order valence-corrected chi connectivity index (χ0v) is 16.3. The van der Waals surface area contributed by atoms with Gasteiger partial charge in [0.15, 0.2) is 5.79 Å². The van der Waals surface area contributed by atoms with Gasteiger partial charge in [0.05, 0.1) is 31.5 Å². The van der Waals surface area contributed by atoms with E-state index in [1.807, 2.05) is 24.3 Å². The Labute approximate surface area is 161 Å². The number of carbonyl (C=O) groups excluding carboxylic acids is 1. The molecule has 1 heterocycles. The zero-order chi connectivity index (χ0) is 19.1. The number of carbonyl (C=O) groups is 1. The van der Waals surface area contributed by atoms with Crippen LogP contribution in [-0.2, 0) is 19.6 Å². The molecule has 1 aliphatic heterocycles. The SMILES string of the molecule is CCOC(=O)c1ccc([C@]23CCC4(OCCO4)[C@@H](C)[C@@H]2CCC[C@@H]3O)cc1. The molecule has 1 spiro atoms. The Morgan fingerprint density at radius 3 is 2.56 bits per heavy atom. The molecule has 1 N–H and O–H groups in total. The van der Waals surface area contributed by atoms with Gasteiger partial charge in [-0.25, -0.2) is 4.79 Å². The number of esters is 1. The summed E-state index contributed by atoms with van der Waals surface area (Å²) in [4.78, 5) is 12.0. The van der Waals surface area contributed by atoms with Crippen molar-refractivity contribution in [3.8, 4) is 0 Å². The fraction of sp³-hybridized carbons (Fsp3) is 0.682. The number of hydrogen-bond acceptors (Lipinski definition) is 5. The van der Waals surface area contributed by atoms with Crippen LogP contribution in [0, 0.1) is 11.8 Å². The molecule has 27 heavy (non-hydrogen) atoms. The molecule has 5 nitrogen and oxygen atoms in total.